The van der Waals surface area contributed by atoms with Crippen molar-refractivity contribution in [2.75, 3.05) is 6.54 Å². The molecule has 2 nitrogen and oxygen atoms in total. The molecule has 1 aromatic rings. The van der Waals surface area contributed by atoms with E-state index in [0.717, 1.165) is 12.0 Å². The third kappa shape index (κ3) is 2.58. The molecular weight excluding hydrogens is 186 g/mol. The first kappa shape index (κ1) is 12.2. The van der Waals surface area contributed by atoms with Crippen molar-refractivity contribution in [3.05, 3.63) is 34.9 Å². The van der Waals surface area contributed by atoms with Gasteiger partial charge < -0.3 is 10.8 Å². The Labute approximate surface area is 92.1 Å². The molecule has 1 aromatic carbocycles. The van der Waals surface area contributed by atoms with Crippen LogP contribution >= 0.6 is 0 Å². The number of aryl methyl sites for hydroxylation is 2. The predicted octanol–water partition coefficient (Wildman–Crippen LogP) is 2.25. The van der Waals surface area contributed by atoms with Crippen molar-refractivity contribution in [1.29, 1.82) is 0 Å². The second kappa shape index (κ2) is 4.77. The predicted molar refractivity (Wildman–Crippen MR) is 63.8 cm³/mol. The minimum absolute atomic E-state index is 0.281. The van der Waals surface area contributed by atoms with Gasteiger partial charge in [-0.25, -0.2) is 0 Å². The Morgan fingerprint density at radius 1 is 1.27 bits per heavy atom. The van der Waals surface area contributed by atoms with Crippen LogP contribution in [0.25, 0.3) is 0 Å². The first-order valence-corrected chi connectivity index (χ1v) is 5.53. The molecule has 0 aromatic heterocycles. The van der Waals surface area contributed by atoms with Crippen LogP contribution in [-0.4, -0.2) is 11.7 Å². The third-order valence-corrected chi connectivity index (χ3v) is 3.05. The van der Waals surface area contributed by atoms with E-state index in [2.05, 4.69) is 20.8 Å². The smallest absolute Gasteiger partial charge is 0.102 e. The summed E-state index contributed by atoms with van der Waals surface area (Å²) in [6.07, 6.45) is 1.65. The zero-order valence-corrected chi connectivity index (χ0v) is 9.88. The summed E-state index contributed by atoms with van der Waals surface area (Å²) in [5.74, 6) is 0. The summed E-state index contributed by atoms with van der Waals surface area (Å²) in [5.41, 5.74) is 8.20. The second-order valence-electron chi connectivity index (χ2n) is 4.28. The fourth-order valence-corrected chi connectivity index (χ4v) is 1.81. The second-order valence-corrected chi connectivity index (χ2v) is 4.28. The van der Waals surface area contributed by atoms with E-state index < -0.39 is 5.60 Å². The highest BCUT2D eigenvalue weighted by Crippen LogP contribution is 2.26. The molecule has 0 radical (unpaired) electrons. The van der Waals surface area contributed by atoms with E-state index in [1.807, 2.05) is 18.2 Å². The van der Waals surface area contributed by atoms with E-state index in [1.54, 1.807) is 0 Å². The number of benzene rings is 1. The Balaban J connectivity index is 3.07. The Morgan fingerprint density at radius 3 is 2.40 bits per heavy atom. The van der Waals surface area contributed by atoms with Crippen LogP contribution in [-0.2, 0) is 5.60 Å². The summed E-state index contributed by atoms with van der Waals surface area (Å²) in [5, 5.41) is 10.4. The maximum atomic E-state index is 10.4. The quantitative estimate of drug-likeness (QED) is 0.795. The number of hydrogen-bond donors (Lipinski definition) is 2. The van der Waals surface area contributed by atoms with Gasteiger partial charge in [0.25, 0.3) is 0 Å². The van der Waals surface area contributed by atoms with Gasteiger partial charge in [-0.05, 0) is 37.0 Å². The van der Waals surface area contributed by atoms with Gasteiger partial charge in [-0.1, -0.05) is 31.5 Å². The molecule has 84 valence electrons. The lowest BCUT2D eigenvalue weighted by Crippen LogP contribution is -2.34. The minimum atomic E-state index is -0.854. The lowest BCUT2D eigenvalue weighted by molar-refractivity contribution is 0.0359. The van der Waals surface area contributed by atoms with Crippen LogP contribution in [0.5, 0.6) is 0 Å². The zero-order valence-electron chi connectivity index (χ0n) is 9.88. The molecule has 0 aliphatic heterocycles. The molecular formula is C13H21NO. The minimum Gasteiger partial charge on any atom is -0.384 e. The van der Waals surface area contributed by atoms with Crippen LogP contribution < -0.4 is 5.73 Å². The molecule has 3 N–H and O–H groups in total. The van der Waals surface area contributed by atoms with E-state index in [-0.39, 0.29) is 6.54 Å². The average molecular weight is 207 g/mol. The summed E-state index contributed by atoms with van der Waals surface area (Å²) in [6, 6.07) is 6.06. The van der Waals surface area contributed by atoms with Crippen LogP contribution in [0.15, 0.2) is 18.2 Å². The van der Waals surface area contributed by atoms with Gasteiger partial charge in [0.05, 0.1) is 0 Å². The lowest BCUT2D eigenvalue weighted by atomic mass is 9.88. The standard InChI is InChI=1S/C13H21NO/c1-4-7-13(15,9-14)12-6-5-10(2)11(3)8-12/h5-6,8,15H,4,7,9,14H2,1-3H3. The molecule has 1 rings (SSSR count). The normalized spacial score (nSPS) is 15.0. The van der Waals surface area contributed by atoms with E-state index >= 15 is 0 Å². The van der Waals surface area contributed by atoms with Crippen LogP contribution in [0.3, 0.4) is 0 Å². The van der Waals surface area contributed by atoms with Crippen molar-refractivity contribution in [3.63, 3.8) is 0 Å². The van der Waals surface area contributed by atoms with Gasteiger partial charge >= 0.3 is 0 Å². The largest absolute Gasteiger partial charge is 0.384 e. The monoisotopic (exact) mass is 207 g/mol. The molecule has 1 atom stereocenters. The summed E-state index contributed by atoms with van der Waals surface area (Å²) in [7, 11) is 0. The zero-order chi connectivity index (χ0) is 11.5. The lowest BCUT2D eigenvalue weighted by Gasteiger charge is -2.27. The Hall–Kier alpha value is -0.860. The number of aliphatic hydroxyl groups is 1. The van der Waals surface area contributed by atoms with Crippen molar-refractivity contribution in [2.45, 2.75) is 39.2 Å². The molecule has 0 aliphatic carbocycles. The van der Waals surface area contributed by atoms with Crippen molar-refractivity contribution in [3.8, 4) is 0 Å². The molecule has 0 heterocycles. The third-order valence-electron chi connectivity index (χ3n) is 3.05. The summed E-state index contributed by atoms with van der Waals surface area (Å²) >= 11 is 0. The first-order chi connectivity index (χ1) is 7.03. The number of rotatable bonds is 4. The summed E-state index contributed by atoms with van der Waals surface area (Å²) in [4.78, 5) is 0. The number of nitrogens with two attached hydrogens (primary N) is 1. The highest BCUT2D eigenvalue weighted by molar-refractivity contribution is 5.33. The van der Waals surface area contributed by atoms with Crippen LogP contribution in [0.2, 0.25) is 0 Å². The van der Waals surface area contributed by atoms with Gasteiger partial charge in [0, 0.05) is 6.54 Å². The maximum Gasteiger partial charge on any atom is 0.102 e. The van der Waals surface area contributed by atoms with E-state index in [4.69, 9.17) is 5.73 Å². The summed E-state index contributed by atoms with van der Waals surface area (Å²) in [6.45, 7) is 6.47. The van der Waals surface area contributed by atoms with Crippen molar-refractivity contribution >= 4 is 0 Å². The number of hydrogen-bond acceptors (Lipinski definition) is 2. The Morgan fingerprint density at radius 2 is 1.93 bits per heavy atom. The topological polar surface area (TPSA) is 46.2 Å². The fraction of sp³-hybridized carbons (Fsp3) is 0.538. The van der Waals surface area contributed by atoms with E-state index in [9.17, 15) is 5.11 Å². The highest BCUT2D eigenvalue weighted by Gasteiger charge is 2.26. The van der Waals surface area contributed by atoms with Gasteiger partial charge in [0.2, 0.25) is 0 Å². The first-order valence-electron chi connectivity index (χ1n) is 5.53. The molecule has 0 fully saturated rings. The van der Waals surface area contributed by atoms with Gasteiger partial charge in [-0.15, -0.1) is 0 Å². The van der Waals surface area contributed by atoms with E-state index in [0.29, 0.717) is 6.42 Å². The molecule has 0 aliphatic rings. The van der Waals surface area contributed by atoms with Crippen LogP contribution in [0.1, 0.15) is 36.5 Å². The van der Waals surface area contributed by atoms with E-state index in [1.165, 1.54) is 11.1 Å². The molecule has 15 heavy (non-hydrogen) atoms. The van der Waals surface area contributed by atoms with Gasteiger partial charge in [0.15, 0.2) is 0 Å². The van der Waals surface area contributed by atoms with Gasteiger partial charge in [-0.2, -0.15) is 0 Å². The van der Waals surface area contributed by atoms with Crippen molar-refractivity contribution < 1.29 is 5.11 Å². The fourth-order valence-electron chi connectivity index (χ4n) is 1.81. The molecule has 0 saturated heterocycles. The maximum absolute atomic E-state index is 10.4. The Bertz CT molecular complexity index is 335. The SMILES string of the molecule is CCCC(O)(CN)c1ccc(C)c(C)c1. The van der Waals surface area contributed by atoms with Crippen LogP contribution in [0.4, 0.5) is 0 Å². The molecule has 0 saturated carbocycles. The van der Waals surface area contributed by atoms with Crippen LogP contribution in [0, 0.1) is 13.8 Å². The molecule has 0 spiro atoms. The highest BCUT2D eigenvalue weighted by atomic mass is 16.3. The average Bonchev–Trinajstić information content (AvgIpc) is 2.22. The van der Waals surface area contributed by atoms with Gasteiger partial charge in [0.1, 0.15) is 5.60 Å². The summed E-state index contributed by atoms with van der Waals surface area (Å²) < 4.78 is 0. The molecule has 1 unspecified atom stereocenters. The van der Waals surface area contributed by atoms with Crippen molar-refractivity contribution in [1.82, 2.24) is 0 Å². The van der Waals surface area contributed by atoms with Gasteiger partial charge in [-0.3, -0.25) is 0 Å². The Kier molecular flexibility index (Phi) is 3.89. The molecule has 2 heteroatoms. The molecule has 0 bridgehead atoms. The molecule has 0 amide bonds. The van der Waals surface area contributed by atoms with Crippen molar-refractivity contribution in [2.24, 2.45) is 5.73 Å².